The largest absolute Gasteiger partial charge is 0.278 e. The highest BCUT2D eigenvalue weighted by atomic mass is 16.2. The van der Waals surface area contributed by atoms with Crippen molar-refractivity contribution >= 4 is 11.8 Å². The van der Waals surface area contributed by atoms with E-state index in [0.29, 0.717) is 19.4 Å². The molecule has 2 aliphatic carbocycles. The summed E-state index contributed by atoms with van der Waals surface area (Å²) in [5.74, 6) is -0.107. The number of nitrogens with zero attached hydrogens (tertiary/aromatic N) is 1. The smallest absolute Gasteiger partial charge is 0.229 e. The molecule has 0 spiro atoms. The molecule has 0 N–H and O–H groups in total. The topological polar surface area (TPSA) is 37.4 Å². The lowest BCUT2D eigenvalue weighted by Crippen LogP contribution is -2.30. The normalized spacial score (nSPS) is 22.2. The van der Waals surface area contributed by atoms with Crippen molar-refractivity contribution in [2.75, 3.05) is 0 Å². The minimum atomic E-state index is -0.0537. The molecule has 1 saturated heterocycles. The first-order chi connectivity index (χ1) is 15.0. The lowest BCUT2D eigenvalue weighted by molar-refractivity contribution is -0.139. The second-order valence-electron chi connectivity index (χ2n) is 11.1. The molecule has 2 amide bonds. The number of imide groups is 1. The predicted octanol–water partition coefficient (Wildman–Crippen LogP) is 5.85. The molecular weight excluding hydrogens is 394 g/mol. The van der Waals surface area contributed by atoms with E-state index in [4.69, 9.17) is 0 Å². The lowest BCUT2D eigenvalue weighted by Gasteiger charge is -2.38. The van der Waals surface area contributed by atoms with Gasteiger partial charge in [0, 0.05) is 29.1 Å². The van der Waals surface area contributed by atoms with Crippen LogP contribution in [0.15, 0.2) is 48.6 Å². The van der Waals surface area contributed by atoms with Crippen molar-refractivity contribution in [2.24, 2.45) is 0 Å². The van der Waals surface area contributed by atoms with Crippen LogP contribution in [0, 0.1) is 6.92 Å². The zero-order chi connectivity index (χ0) is 22.9. The van der Waals surface area contributed by atoms with Crippen LogP contribution >= 0.6 is 0 Å². The molecular formula is C29H33NO2. The fourth-order valence-electron chi connectivity index (χ4n) is 5.64. The van der Waals surface area contributed by atoms with Crippen molar-refractivity contribution in [3.05, 3.63) is 81.9 Å². The molecule has 2 aromatic carbocycles. The summed E-state index contributed by atoms with van der Waals surface area (Å²) >= 11 is 0. The van der Waals surface area contributed by atoms with Crippen molar-refractivity contribution in [1.82, 2.24) is 4.90 Å². The number of allylic oxidation sites excluding steroid dienone is 2. The van der Waals surface area contributed by atoms with Gasteiger partial charge in [-0.15, -0.1) is 0 Å². The highest BCUT2D eigenvalue weighted by Crippen LogP contribution is 2.56. The number of fused-ring (bicyclic) bond motifs is 1. The second-order valence-corrected chi connectivity index (χ2v) is 11.1. The van der Waals surface area contributed by atoms with E-state index in [1.807, 2.05) is 0 Å². The summed E-state index contributed by atoms with van der Waals surface area (Å²) in [6, 6.07) is 13.5. The van der Waals surface area contributed by atoms with Gasteiger partial charge in [-0.3, -0.25) is 14.5 Å². The van der Waals surface area contributed by atoms with Crippen molar-refractivity contribution in [1.29, 1.82) is 0 Å². The molecule has 3 aliphatic rings. The summed E-state index contributed by atoms with van der Waals surface area (Å²) in [4.78, 5) is 25.3. The van der Waals surface area contributed by atoms with Gasteiger partial charge in [0.2, 0.25) is 11.8 Å². The number of hydrogen-bond donors (Lipinski definition) is 0. The third-order valence-corrected chi connectivity index (χ3v) is 7.94. The van der Waals surface area contributed by atoms with Gasteiger partial charge >= 0.3 is 0 Å². The Morgan fingerprint density at radius 3 is 1.84 bits per heavy atom. The molecule has 0 unspecified atom stereocenters. The quantitative estimate of drug-likeness (QED) is 0.453. The zero-order valence-electron chi connectivity index (χ0n) is 19.9. The number of rotatable bonds is 4. The fourth-order valence-corrected chi connectivity index (χ4v) is 5.64. The Labute approximate surface area is 191 Å². The minimum absolute atomic E-state index is 0.0298. The summed E-state index contributed by atoms with van der Waals surface area (Å²) < 4.78 is 0. The Bertz CT molecular complexity index is 1130. The zero-order valence-corrected chi connectivity index (χ0v) is 19.9. The molecule has 32 heavy (non-hydrogen) atoms. The summed E-state index contributed by atoms with van der Waals surface area (Å²) in [6.07, 6.45) is 7.74. The van der Waals surface area contributed by atoms with Gasteiger partial charge in [-0.05, 0) is 53.1 Å². The standard InChI is InChI=1S/C29H33NO2/c1-19-16-23-24(28(4,5)13-12-27(23,2)3)17-22(19)29(14-15-29)21-8-6-20(7-9-21)18-30-25(31)10-11-26(30)32/h6-9,12-13,16-17H,10-11,14-15,18H2,1-5H3. The third kappa shape index (κ3) is 3.25. The summed E-state index contributed by atoms with van der Waals surface area (Å²) in [5.41, 5.74) is 8.23. The third-order valence-electron chi connectivity index (χ3n) is 7.94. The Kier molecular flexibility index (Phi) is 4.57. The van der Waals surface area contributed by atoms with Gasteiger partial charge in [-0.25, -0.2) is 0 Å². The Hall–Kier alpha value is -2.68. The van der Waals surface area contributed by atoms with E-state index < -0.39 is 0 Å². The first kappa shape index (κ1) is 21.2. The van der Waals surface area contributed by atoms with Crippen LogP contribution in [0.25, 0.3) is 0 Å². The first-order valence-electron chi connectivity index (χ1n) is 11.8. The van der Waals surface area contributed by atoms with E-state index in [1.165, 1.54) is 32.7 Å². The van der Waals surface area contributed by atoms with Crippen LogP contribution in [0.5, 0.6) is 0 Å². The van der Waals surface area contributed by atoms with Gasteiger partial charge in [0.15, 0.2) is 0 Å². The van der Waals surface area contributed by atoms with Crippen molar-refractivity contribution in [2.45, 2.75) is 83.1 Å². The van der Waals surface area contributed by atoms with E-state index in [2.05, 4.69) is 83.2 Å². The fraction of sp³-hybridized carbons (Fsp3) is 0.448. The molecule has 0 aromatic heterocycles. The number of likely N-dealkylation sites (tertiary alicyclic amines) is 1. The SMILES string of the molecule is Cc1cc2c(cc1C1(c3ccc(CN4C(=O)CCC4=O)cc3)CC1)C(C)(C)C=CC2(C)C. The van der Waals surface area contributed by atoms with Gasteiger partial charge in [-0.2, -0.15) is 0 Å². The number of carbonyl (C=O) groups is 2. The number of aryl methyl sites for hydroxylation is 1. The Balaban J connectivity index is 1.49. The molecule has 2 aromatic rings. The number of carbonyl (C=O) groups excluding carboxylic acids is 2. The van der Waals surface area contributed by atoms with Crippen LogP contribution in [-0.2, 0) is 32.4 Å². The maximum absolute atomic E-state index is 12.0. The second kappa shape index (κ2) is 6.91. The van der Waals surface area contributed by atoms with E-state index in [1.54, 1.807) is 0 Å². The van der Waals surface area contributed by atoms with Crippen LogP contribution in [-0.4, -0.2) is 16.7 Å². The molecule has 2 fully saturated rings. The molecule has 0 atom stereocenters. The predicted molar refractivity (Wildman–Crippen MR) is 128 cm³/mol. The average Bonchev–Trinajstić information content (AvgIpc) is 3.49. The van der Waals surface area contributed by atoms with Gasteiger partial charge in [0.25, 0.3) is 0 Å². The van der Waals surface area contributed by atoms with Gasteiger partial charge in [0.1, 0.15) is 0 Å². The van der Waals surface area contributed by atoms with E-state index in [9.17, 15) is 9.59 Å². The van der Waals surface area contributed by atoms with Crippen LogP contribution in [0.1, 0.15) is 86.8 Å². The molecule has 1 heterocycles. The molecule has 3 heteroatoms. The van der Waals surface area contributed by atoms with Crippen molar-refractivity contribution in [3.63, 3.8) is 0 Å². The summed E-state index contributed by atoms with van der Waals surface area (Å²) in [6.45, 7) is 11.9. The summed E-state index contributed by atoms with van der Waals surface area (Å²) in [5, 5.41) is 0. The summed E-state index contributed by atoms with van der Waals surface area (Å²) in [7, 11) is 0. The van der Waals surface area contributed by atoms with E-state index >= 15 is 0 Å². The van der Waals surface area contributed by atoms with Crippen LogP contribution < -0.4 is 0 Å². The number of hydrogen-bond acceptors (Lipinski definition) is 2. The Morgan fingerprint density at radius 1 is 0.781 bits per heavy atom. The molecule has 0 radical (unpaired) electrons. The maximum atomic E-state index is 12.0. The molecule has 166 valence electrons. The minimum Gasteiger partial charge on any atom is -0.278 e. The van der Waals surface area contributed by atoms with E-state index in [0.717, 1.165) is 18.4 Å². The van der Waals surface area contributed by atoms with Crippen LogP contribution in [0.3, 0.4) is 0 Å². The highest BCUT2D eigenvalue weighted by molar-refractivity contribution is 6.01. The van der Waals surface area contributed by atoms with Crippen LogP contribution in [0.4, 0.5) is 0 Å². The molecule has 3 nitrogen and oxygen atoms in total. The highest BCUT2D eigenvalue weighted by Gasteiger charge is 2.48. The van der Waals surface area contributed by atoms with Gasteiger partial charge < -0.3 is 0 Å². The van der Waals surface area contributed by atoms with Gasteiger partial charge in [0.05, 0.1) is 6.54 Å². The average molecular weight is 428 g/mol. The molecule has 1 aliphatic heterocycles. The monoisotopic (exact) mass is 427 g/mol. The maximum Gasteiger partial charge on any atom is 0.229 e. The Morgan fingerprint density at radius 2 is 1.31 bits per heavy atom. The van der Waals surface area contributed by atoms with E-state index in [-0.39, 0.29) is 28.1 Å². The number of amides is 2. The van der Waals surface area contributed by atoms with Crippen molar-refractivity contribution < 1.29 is 9.59 Å². The number of benzene rings is 2. The van der Waals surface area contributed by atoms with Crippen LogP contribution in [0.2, 0.25) is 0 Å². The molecule has 5 rings (SSSR count). The first-order valence-corrected chi connectivity index (χ1v) is 11.8. The molecule has 1 saturated carbocycles. The van der Waals surface area contributed by atoms with Crippen molar-refractivity contribution in [3.8, 4) is 0 Å². The molecule has 0 bridgehead atoms. The lowest BCUT2D eigenvalue weighted by atomic mass is 9.66. The van der Waals surface area contributed by atoms with Gasteiger partial charge in [-0.1, -0.05) is 76.2 Å².